The van der Waals surface area contributed by atoms with E-state index < -0.39 is 11.9 Å². The Balaban J connectivity index is 1.84. The summed E-state index contributed by atoms with van der Waals surface area (Å²) < 4.78 is 51.1. The van der Waals surface area contributed by atoms with Crippen LogP contribution in [-0.4, -0.2) is 31.1 Å². The molecule has 0 unspecified atom stereocenters. The van der Waals surface area contributed by atoms with Gasteiger partial charge in [0.15, 0.2) is 11.7 Å². The maximum atomic E-state index is 13.4. The van der Waals surface area contributed by atoms with Gasteiger partial charge in [-0.2, -0.15) is 13.2 Å². The van der Waals surface area contributed by atoms with Crippen LogP contribution in [0.1, 0.15) is 30.1 Å². The van der Waals surface area contributed by atoms with E-state index in [1.165, 1.54) is 12.1 Å². The first-order valence-electron chi connectivity index (χ1n) is 8.34. The molecule has 148 valence electrons. The number of aromatic nitrogens is 1. The molecule has 0 spiro atoms. The van der Waals surface area contributed by atoms with Gasteiger partial charge < -0.3 is 10.6 Å². The van der Waals surface area contributed by atoms with Crippen LogP contribution in [0.25, 0.3) is 0 Å². The summed E-state index contributed by atoms with van der Waals surface area (Å²) in [7, 11) is 1.61. The molecule has 0 radical (unpaired) electrons. The minimum absolute atomic E-state index is 0.287. The summed E-state index contributed by atoms with van der Waals surface area (Å²) in [6.45, 7) is 4.86. The van der Waals surface area contributed by atoms with E-state index in [9.17, 15) is 17.6 Å². The zero-order chi connectivity index (χ0) is 20.1. The fourth-order valence-electron chi connectivity index (χ4n) is 2.38. The number of hydrogen-bond acceptors (Lipinski definition) is 3. The van der Waals surface area contributed by atoms with Crippen LogP contribution >= 0.6 is 11.3 Å². The highest BCUT2D eigenvalue weighted by Crippen LogP contribution is 2.30. The number of thiazole rings is 1. The number of rotatable bonds is 6. The van der Waals surface area contributed by atoms with E-state index in [1.54, 1.807) is 13.1 Å². The summed E-state index contributed by atoms with van der Waals surface area (Å²) in [4.78, 5) is 7.70. The first kappa shape index (κ1) is 21.1. The number of alkyl halides is 3. The van der Waals surface area contributed by atoms with Crippen molar-refractivity contribution >= 4 is 17.3 Å². The molecule has 27 heavy (non-hydrogen) atoms. The maximum absolute atomic E-state index is 13.4. The molecular formula is C18H22F4N4S. The molecule has 0 fully saturated rings. The van der Waals surface area contributed by atoms with E-state index >= 15 is 0 Å². The van der Waals surface area contributed by atoms with Crippen LogP contribution in [0, 0.1) is 5.82 Å². The lowest BCUT2D eigenvalue weighted by molar-refractivity contribution is -0.140. The Bertz CT molecular complexity index is 784. The number of halogens is 4. The molecule has 2 aromatic rings. The van der Waals surface area contributed by atoms with Gasteiger partial charge in [-0.15, -0.1) is 11.3 Å². The van der Waals surface area contributed by atoms with Gasteiger partial charge >= 0.3 is 6.18 Å². The predicted molar refractivity (Wildman–Crippen MR) is 99.6 cm³/mol. The topological polar surface area (TPSA) is 49.3 Å². The first-order chi connectivity index (χ1) is 12.6. The molecule has 1 aromatic carbocycles. The van der Waals surface area contributed by atoms with Gasteiger partial charge in [0.2, 0.25) is 0 Å². The van der Waals surface area contributed by atoms with Crippen LogP contribution in [0.3, 0.4) is 0 Å². The molecule has 9 heteroatoms. The molecule has 2 N–H and O–H groups in total. The third kappa shape index (κ3) is 6.20. The van der Waals surface area contributed by atoms with E-state index in [2.05, 4.69) is 20.6 Å². The number of nitrogens with zero attached hydrogens (tertiary/aromatic N) is 2. The Morgan fingerprint density at radius 1 is 1.22 bits per heavy atom. The normalized spacial score (nSPS) is 12.9. The zero-order valence-corrected chi connectivity index (χ0v) is 16.1. The Kier molecular flexibility index (Phi) is 6.80. The summed E-state index contributed by atoms with van der Waals surface area (Å²) in [6.07, 6.45) is -4.06. The van der Waals surface area contributed by atoms with Gasteiger partial charge in [0.05, 0.1) is 5.01 Å². The lowest BCUT2D eigenvalue weighted by Gasteiger charge is -2.26. The van der Waals surface area contributed by atoms with Gasteiger partial charge in [-0.1, -0.05) is 26.0 Å². The number of guanidine groups is 1. The average Bonchev–Trinajstić information content (AvgIpc) is 3.07. The van der Waals surface area contributed by atoms with Crippen molar-refractivity contribution in [2.45, 2.75) is 31.9 Å². The van der Waals surface area contributed by atoms with Gasteiger partial charge in [-0.05, 0) is 17.7 Å². The zero-order valence-electron chi connectivity index (χ0n) is 15.3. The molecule has 0 amide bonds. The fourth-order valence-corrected chi connectivity index (χ4v) is 3.19. The van der Waals surface area contributed by atoms with Crippen LogP contribution in [0.5, 0.6) is 0 Å². The highest BCUT2D eigenvalue weighted by molar-refractivity contribution is 7.09. The van der Waals surface area contributed by atoms with Crippen LogP contribution in [0.2, 0.25) is 0 Å². The molecule has 4 nitrogen and oxygen atoms in total. The van der Waals surface area contributed by atoms with Crippen molar-refractivity contribution in [3.05, 3.63) is 51.7 Å². The fraction of sp³-hybridized carbons (Fsp3) is 0.444. The Labute approximate surface area is 159 Å². The summed E-state index contributed by atoms with van der Waals surface area (Å²) in [5.41, 5.74) is -0.342. The standard InChI is InChI=1S/C18H22F4N4S/c1-17(2,12-5-4-6-13(19)9-12)11-25-16(23-3)24-8-7-15-26-14(10-27-15)18(20,21)22/h4-6,9-10H,7-8,11H2,1-3H3,(H2,23,24,25). The van der Waals surface area contributed by atoms with Gasteiger partial charge in [0, 0.05) is 37.4 Å². The molecule has 0 aliphatic heterocycles. The second-order valence-electron chi connectivity index (χ2n) is 6.62. The van der Waals surface area contributed by atoms with E-state index in [4.69, 9.17) is 0 Å². The smallest absolute Gasteiger partial charge is 0.356 e. The van der Waals surface area contributed by atoms with Crippen LogP contribution in [-0.2, 0) is 18.0 Å². The highest BCUT2D eigenvalue weighted by atomic mass is 32.1. The molecule has 1 aromatic heterocycles. The van der Waals surface area contributed by atoms with E-state index in [1.807, 2.05) is 19.9 Å². The summed E-state index contributed by atoms with van der Waals surface area (Å²) in [5.74, 6) is 0.233. The van der Waals surface area contributed by atoms with Gasteiger partial charge in [0.25, 0.3) is 0 Å². The van der Waals surface area contributed by atoms with Crippen molar-refractivity contribution in [2.24, 2.45) is 4.99 Å². The second kappa shape index (κ2) is 8.69. The highest BCUT2D eigenvalue weighted by Gasteiger charge is 2.33. The lowest BCUT2D eigenvalue weighted by Crippen LogP contribution is -2.44. The van der Waals surface area contributed by atoms with E-state index in [-0.39, 0.29) is 11.2 Å². The largest absolute Gasteiger partial charge is 0.434 e. The summed E-state index contributed by atoms with van der Waals surface area (Å²) in [6, 6.07) is 6.43. The van der Waals surface area contributed by atoms with Crippen LogP contribution in [0.15, 0.2) is 34.6 Å². The van der Waals surface area contributed by atoms with Crippen molar-refractivity contribution in [1.29, 1.82) is 0 Å². The summed E-state index contributed by atoms with van der Waals surface area (Å²) in [5, 5.41) is 7.64. The minimum atomic E-state index is -4.41. The number of hydrogen-bond donors (Lipinski definition) is 2. The molecule has 1 heterocycles. The van der Waals surface area contributed by atoms with Crippen LogP contribution < -0.4 is 10.6 Å². The minimum Gasteiger partial charge on any atom is -0.356 e. The first-order valence-corrected chi connectivity index (χ1v) is 9.22. The molecular weight excluding hydrogens is 380 g/mol. The van der Waals surface area contributed by atoms with Crippen LogP contribution in [0.4, 0.5) is 17.6 Å². The molecule has 0 aliphatic rings. The number of benzene rings is 1. The third-order valence-electron chi connectivity index (χ3n) is 4.00. The maximum Gasteiger partial charge on any atom is 0.434 e. The lowest BCUT2D eigenvalue weighted by atomic mass is 9.84. The van der Waals surface area contributed by atoms with Crippen molar-refractivity contribution < 1.29 is 17.6 Å². The van der Waals surface area contributed by atoms with Gasteiger partial charge in [-0.25, -0.2) is 9.37 Å². The van der Waals surface area contributed by atoms with Crippen molar-refractivity contribution in [1.82, 2.24) is 15.6 Å². The van der Waals surface area contributed by atoms with Gasteiger partial charge in [0.1, 0.15) is 5.82 Å². The van der Waals surface area contributed by atoms with E-state index in [0.717, 1.165) is 22.3 Å². The SMILES string of the molecule is CN=C(NCCc1nc(C(F)(F)F)cs1)NCC(C)(C)c1cccc(F)c1. The van der Waals surface area contributed by atoms with Crippen molar-refractivity contribution in [3.8, 4) is 0 Å². The van der Waals surface area contributed by atoms with E-state index in [0.29, 0.717) is 30.5 Å². The summed E-state index contributed by atoms with van der Waals surface area (Å²) >= 11 is 0.985. The number of nitrogens with one attached hydrogen (secondary N) is 2. The van der Waals surface area contributed by atoms with Crippen molar-refractivity contribution in [3.63, 3.8) is 0 Å². The molecule has 0 saturated carbocycles. The predicted octanol–water partition coefficient (Wildman–Crippen LogP) is 3.99. The molecule has 2 rings (SSSR count). The van der Waals surface area contributed by atoms with Gasteiger partial charge in [-0.3, -0.25) is 4.99 Å². The Hall–Kier alpha value is -2.16. The monoisotopic (exact) mass is 402 g/mol. The molecule has 0 bridgehead atoms. The molecule has 0 saturated heterocycles. The number of aliphatic imine (C=N–C) groups is 1. The molecule has 0 aliphatic carbocycles. The third-order valence-corrected chi connectivity index (χ3v) is 4.91. The second-order valence-corrected chi connectivity index (χ2v) is 7.56. The Morgan fingerprint density at radius 2 is 1.96 bits per heavy atom. The quantitative estimate of drug-likeness (QED) is 0.437. The average molecular weight is 402 g/mol. The molecule has 0 atom stereocenters. The Morgan fingerprint density at radius 3 is 2.56 bits per heavy atom. The van der Waals surface area contributed by atoms with Crippen molar-refractivity contribution in [2.75, 3.05) is 20.1 Å².